The van der Waals surface area contributed by atoms with Gasteiger partial charge in [-0.1, -0.05) is 0 Å². The van der Waals surface area contributed by atoms with E-state index >= 15 is 0 Å². The van der Waals surface area contributed by atoms with Gasteiger partial charge >= 0.3 is 84.6 Å². The van der Waals surface area contributed by atoms with Crippen LogP contribution in [0.25, 0.3) is 0 Å². The summed E-state index contributed by atoms with van der Waals surface area (Å²) in [4.78, 5) is 58.4. The monoisotopic (exact) mass is 719 g/mol. The van der Waals surface area contributed by atoms with Crippen molar-refractivity contribution in [1.82, 2.24) is 0 Å². The third kappa shape index (κ3) is 90.8. The summed E-state index contributed by atoms with van der Waals surface area (Å²) >= 11 is -3.59. The fraction of sp³-hybridized carbons (Fsp3) is 0.500. The molecule has 0 aromatic heterocycles. The summed E-state index contributed by atoms with van der Waals surface area (Å²) in [5.41, 5.74) is 0. The minimum Gasteiger partial charge on any atom is 0 e. The Hall–Kier alpha value is -0.712. The molecule has 3 N–H and O–H groups in total. The Morgan fingerprint density at radius 2 is 0.654 bits per heavy atom. The van der Waals surface area contributed by atoms with Crippen molar-refractivity contribution >= 4 is 58.9 Å². The van der Waals surface area contributed by atoms with Crippen molar-refractivity contribution < 1.29 is 102 Å². The van der Waals surface area contributed by atoms with Gasteiger partial charge in [-0.3, -0.25) is 14.4 Å². The fourth-order valence-corrected chi connectivity index (χ4v) is 3.25. The molecule has 0 amide bonds. The molecular formula is C12H21BiEuO12. The number of carbonyl (C=O) groups excluding carboxylic acids is 3. The number of rotatable bonds is 3. The molecule has 0 unspecified atom stereocenters. The van der Waals surface area contributed by atoms with Crippen molar-refractivity contribution in [2.75, 3.05) is 0 Å². The van der Waals surface area contributed by atoms with Crippen molar-refractivity contribution in [1.29, 1.82) is 0 Å². The van der Waals surface area contributed by atoms with E-state index in [1.54, 1.807) is 0 Å². The first-order valence-corrected chi connectivity index (χ1v) is 10.3. The fourth-order valence-electron chi connectivity index (χ4n) is 0.371. The molecule has 0 aromatic carbocycles. The van der Waals surface area contributed by atoms with Crippen LogP contribution in [0, 0.1) is 49.4 Å². The van der Waals surface area contributed by atoms with E-state index in [0.29, 0.717) is 0 Å². The molecule has 14 heteroatoms. The third-order valence-electron chi connectivity index (χ3n) is 0.609. The van der Waals surface area contributed by atoms with Gasteiger partial charge in [-0.15, -0.1) is 0 Å². The van der Waals surface area contributed by atoms with Gasteiger partial charge in [-0.05, 0) is 0 Å². The van der Waals surface area contributed by atoms with E-state index < -0.39 is 58.9 Å². The van der Waals surface area contributed by atoms with Crippen LogP contribution < -0.4 is 0 Å². The van der Waals surface area contributed by atoms with Crippen LogP contribution >= 0.6 is 0 Å². The molecule has 0 spiro atoms. The first-order valence-electron chi connectivity index (χ1n) is 6.06. The Labute approximate surface area is 200 Å². The zero-order valence-corrected chi connectivity index (χ0v) is 20.7. The number of carbonyl (C=O) groups is 6. The standard InChI is InChI=1S/6C2H4O2.Bi.Eu/c6*1-2(3)4;;/h6*1H3,(H,3,4);;/q;;;;;;+3;/p-3. The van der Waals surface area contributed by atoms with Crippen molar-refractivity contribution in [2.45, 2.75) is 41.5 Å². The van der Waals surface area contributed by atoms with Crippen LogP contribution in [-0.4, -0.2) is 74.2 Å². The summed E-state index contributed by atoms with van der Waals surface area (Å²) in [7, 11) is 0. The first-order chi connectivity index (χ1) is 11.1. The Morgan fingerprint density at radius 3 is 0.731 bits per heavy atom. The topological polar surface area (TPSA) is 191 Å². The van der Waals surface area contributed by atoms with E-state index in [2.05, 4.69) is 8.44 Å². The number of aliphatic carboxylic acids is 3. The second-order valence-corrected chi connectivity index (χ2v) is 7.40. The number of carboxylic acids is 3. The molecule has 0 aliphatic heterocycles. The Balaban J connectivity index is -0.0000000933. The Bertz CT molecular complexity index is 387. The molecule has 26 heavy (non-hydrogen) atoms. The molecule has 0 aliphatic rings. The second-order valence-electron chi connectivity index (χ2n) is 3.53. The second kappa shape index (κ2) is 24.3. The van der Waals surface area contributed by atoms with Crippen LogP contribution in [0.5, 0.6) is 0 Å². The van der Waals surface area contributed by atoms with Gasteiger partial charge < -0.3 is 15.3 Å². The van der Waals surface area contributed by atoms with E-state index in [1.807, 2.05) is 0 Å². The summed E-state index contributed by atoms with van der Waals surface area (Å²) in [6.07, 6.45) is 0. The van der Waals surface area contributed by atoms with E-state index in [0.717, 1.165) is 41.5 Å². The van der Waals surface area contributed by atoms with Crippen LogP contribution in [0.2, 0.25) is 0 Å². The molecule has 0 saturated heterocycles. The molecule has 1 radical (unpaired) electrons. The van der Waals surface area contributed by atoms with Gasteiger partial charge in [0.2, 0.25) is 0 Å². The van der Waals surface area contributed by atoms with Gasteiger partial charge in [0.25, 0.3) is 17.9 Å². The maximum atomic E-state index is 10.5. The van der Waals surface area contributed by atoms with Crippen LogP contribution in [0.4, 0.5) is 0 Å². The minimum absolute atomic E-state index is 0. The predicted octanol–water partition coefficient (Wildman–Crippen LogP) is -0.0667. The van der Waals surface area contributed by atoms with E-state index in [4.69, 9.17) is 29.7 Å². The average molecular weight is 718 g/mol. The zero-order valence-electron chi connectivity index (χ0n) is 14.8. The van der Waals surface area contributed by atoms with E-state index in [1.165, 1.54) is 0 Å². The molecule has 12 nitrogen and oxygen atoms in total. The summed E-state index contributed by atoms with van der Waals surface area (Å²) < 4.78 is 13.7. The summed E-state index contributed by atoms with van der Waals surface area (Å²) in [5.74, 6) is -4.37. The van der Waals surface area contributed by atoms with Gasteiger partial charge in [0, 0.05) is 70.1 Å². The minimum atomic E-state index is -3.59. The number of carboxylic acid groups (broad SMARTS) is 3. The molecule has 0 aliphatic carbocycles. The quantitative estimate of drug-likeness (QED) is 0.330. The van der Waals surface area contributed by atoms with Gasteiger partial charge in [-0.2, -0.15) is 0 Å². The molecule has 0 fully saturated rings. The Kier molecular flexibility index (Phi) is 33.9. The normalized spacial score (nSPS) is 7.50. The van der Waals surface area contributed by atoms with Crippen LogP contribution in [0.1, 0.15) is 41.5 Å². The molecule has 153 valence electrons. The maximum Gasteiger partial charge on any atom is 0 e. The van der Waals surface area contributed by atoms with Crippen molar-refractivity contribution in [2.24, 2.45) is 0 Å². The molecule has 0 aromatic rings. The number of hydrogen-bond donors (Lipinski definition) is 3. The van der Waals surface area contributed by atoms with Crippen molar-refractivity contribution in [3.05, 3.63) is 0 Å². The van der Waals surface area contributed by atoms with Gasteiger partial charge in [0.05, 0.1) is 0 Å². The maximum absolute atomic E-state index is 10.5. The largest absolute Gasteiger partial charge is 0 e. The van der Waals surface area contributed by atoms with Crippen molar-refractivity contribution in [3.63, 3.8) is 0 Å². The molecule has 0 atom stereocenters. The van der Waals surface area contributed by atoms with Crippen LogP contribution in [-0.2, 0) is 37.2 Å². The summed E-state index contributed by atoms with van der Waals surface area (Å²) in [5, 5.41) is 22.2. The molecule has 0 bridgehead atoms. The van der Waals surface area contributed by atoms with Crippen molar-refractivity contribution in [3.8, 4) is 0 Å². The molecule has 0 rings (SSSR count). The SMILES string of the molecule is CC(=O)O.CC(=O)O.CC(=O)O.CC(=O)[O][Bi]([O]C(C)=O)[O]C(C)=O.[Eu]. The zero-order chi connectivity index (χ0) is 21.2. The molecule has 0 heterocycles. The van der Waals surface area contributed by atoms with Crippen LogP contribution in [0.15, 0.2) is 0 Å². The molecule has 0 saturated carbocycles. The number of hydrogen-bond acceptors (Lipinski definition) is 9. The van der Waals surface area contributed by atoms with E-state index in [9.17, 15) is 14.4 Å². The summed E-state index contributed by atoms with van der Waals surface area (Å²) in [6.45, 7) is 6.69. The van der Waals surface area contributed by atoms with Crippen LogP contribution in [0.3, 0.4) is 0 Å². The van der Waals surface area contributed by atoms with Gasteiger partial charge in [-0.25, -0.2) is 0 Å². The Morgan fingerprint density at radius 1 is 0.538 bits per heavy atom. The van der Waals surface area contributed by atoms with Gasteiger partial charge in [0.1, 0.15) is 0 Å². The van der Waals surface area contributed by atoms with Gasteiger partial charge in [0.15, 0.2) is 0 Å². The summed E-state index contributed by atoms with van der Waals surface area (Å²) in [6, 6.07) is 0. The third-order valence-corrected chi connectivity index (χ3v) is 5.35. The smallest absolute Gasteiger partial charge is 0 e. The average Bonchev–Trinajstić information content (AvgIpc) is 2.22. The van der Waals surface area contributed by atoms with E-state index in [-0.39, 0.29) is 49.4 Å². The molecular weight excluding hydrogens is 697 g/mol. The predicted molar refractivity (Wildman–Crippen MR) is 81.0 cm³/mol. The first kappa shape index (κ1) is 36.2.